The first-order valence-electron chi connectivity index (χ1n) is 26.5. The third-order valence-electron chi connectivity index (χ3n) is 19.1. The molecule has 430 valence electrons. The first-order valence-corrected chi connectivity index (χ1v) is 26.5. The Kier molecular flexibility index (Phi) is 19.9. The van der Waals surface area contributed by atoms with E-state index >= 15 is 0 Å². The molecular weight excluding hydrogens is 977 g/mol. The molecule has 6 aliphatic rings. The van der Waals surface area contributed by atoms with Gasteiger partial charge in [0.05, 0.1) is 37.6 Å². The van der Waals surface area contributed by atoms with Gasteiger partial charge >= 0.3 is 0 Å². The largest absolute Gasteiger partial charge is 0.506 e. The number of hydrogen-bond donors (Lipinski definition) is 16. The second kappa shape index (κ2) is 23.9. The molecule has 0 aromatic heterocycles. The monoisotopic (exact) mass is 1070 g/mol. The van der Waals surface area contributed by atoms with E-state index in [0.717, 1.165) is 38.5 Å². The fraction of sp³-hybridized carbons (Fsp3) is 0.923. The standard InChI is InChI=1S/C52H90O22/c1-24(9-13-34(49(4,5)68)73-45(67)36(58)29(56)22-70-46-42(64)39(61)37(59)30(21-54)71-46)25-15-17-52(8)32-12-10-26-27(50(32,6)18-19-51(25,52)7)11-14-33(48(26,2)3)74-47-43(65)40(62)38(60)31(72-47)23-69-44(66)41(63)35(57)28(55)16-20-53/h10,24-25,27-34,36-40,42-47,53-68H,9,11-23H2,1-8H3/b41-35+/t24-,25-,27?,28?,29?,30?,31?,32?,33+,34?,36?,37?,38?,39?,40?,42?,43?,44?,45?,46?,47?,50+,51-,52+/m1/s1. The quantitative estimate of drug-likeness (QED) is 0.0373. The predicted molar refractivity (Wildman–Crippen MR) is 260 cm³/mol. The fourth-order valence-corrected chi connectivity index (χ4v) is 14.1. The van der Waals surface area contributed by atoms with E-state index in [1.54, 1.807) is 13.8 Å². The van der Waals surface area contributed by atoms with Crippen molar-refractivity contribution in [2.45, 2.75) is 230 Å². The predicted octanol–water partition coefficient (Wildman–Crippen LogP) is -0.381. The molecule has 0 bridgehead atoms. The summed E-state index contributed by atoms with van der Waals surface area (Å²) in [5.74, 6) is -1.02. The molecule has 74 heavy (non-hydrogen) atoms. The van der Waals surface area contributed by atoms with E-state index in [-0.39, 0.29) is 34.5 Å². The molecule has 18 unspecified atom stereocenters. The molecule has 2 saturated heterocycles. The number of fused-ring (bicyclic) bond motifs is 5. The van der Waals surface area contributed by atoms with Crippen LogP contribution in [0.4, 0.5) is 0 Å². The van der Waals surface area contributed by atoms with Gasteiger partial charge in [-0.1, -0.05) is 53.2 Å². The van der Waals surface area contributed by atoms with Crippen LogP contribution >= 0.6 is 0 Å². The van der Waals surface area contributed by atoms with Crippen molar-refractivity contribution in [3.8, 4) is 0 Å². The normalized spacial score (nSPS) is 42.6. The lowest BCUT2D eigenvalue weighted by atomic mass is 9.39. The number of aliphatic hydroxyl groups excluding tert-OH is 15. The van der Waals surface area contributed by atoms with Gasteiger partial charge in [0.1, 0.15) is 67.1 Å². The maximum absolute atomic E-state index is 11.2. The number of rotatable bonds is 22. The Morgan fingerprint density at radius 3 is 1.99 bits per heavy atom. The van der Waals surface area contributed by atoms with Crippen LogP contribution in [0.15, 0.2) is 23.2 Å². The minimum atomic E-state index is -2.15. The molecule has 22 nitrogen and oxygen atoms in total. The van der Waals surface area contributed by atoms with Gasteiger partial charge in [0.2, 0.25) is 6.29 Å². The third kappa shape index (κ3) is 11.9. The first-order chi connectivity index (χ1) is 34.4. The van der Waals surface area contributed by atoms with Crippen molar-refractivity contribution in [2.75, 3.05) is 26.4 Å². The average Bonchev–Trinajstić information content (AvgIpc) is 3.63. The molecule has 6 rings (SSSR count). The van der Waals surface area contributed by atoms with Gasteiger partial charge in [-0.15, -0.1) is 0 Å². The van der Waals surface area contributed by atoms with Crippen LogP contribution in [-0.2, 0) is 28.4 Å². The molecule has 0 aromatic carbocycles. The zero-order valence-corrected chi connectivity index (χ0v) is 44.2. The highest BCUT2D eigenvalue weighted by Crippen LogP contribution is 2.75. The van der Waals surface area contributed by atoms with E-state index in [9.17, 15) is 76.6 Å². The summed E-state index contributed by atoms with van der Waals surface area (Å²) in [6.45, 7) is 14.4. The van der Waals surface area contributed by atoms with E-state index in [1.807, 2.05) is 0 Å². The van der Waals surface area contributed by atoms with Gasteiger partial charge in [-0.05, 0) is 112 Å². The van der Waals surface area contributed by atoms with Crippen molar-refractivity contribution >= 4 is 0 Å². The SMILES string of the molecule is C[C@H](CCC(OC(O)C(O)C(O)COC1OC(CO)C(O)C(O)C1O)C(C)(C)O)[C@H]1CC[C@@]2(C)C3CC=C4C(CC[C@H](OC5OC(COC(O)/C(O)=C(\O)C(O)CCO)C(O)C(O)C5O)C4(C)C)[C@]3(C)CC[C@]12C. The van der Waals surface area contributed by atoms with Gasteiger partial charge in [-0.3, -0.25) is 0 Å². The summed E-state index contributed by atoms with van der Waals surface area (Å²) in [5.41, 5.74) is -0.833. The van der Waals surface area contributed by atoms with Gasteiger partial charge in [-0.2, -0.15) is 0 Å². The van der Waals surface area contributed by atoms with Crippen molar-refractivity contribution in [1.82, 2.24) is 0 Å². The molecule has 3 saturated carbocycles. The third-order valence-corrected chi connectivity index (χ3v) is 19.1. The Morgan fingerprint density at radius 1 is 0.743 bits per heavy atom. The molecular formula is C52H90O22. The maximum atomic E-state index is 11.2. The zero-order chi connectivity index (χ0) is 55.2. The summed E-state index contributed by atoms with van der Waals surface area (Å²) < 4.78 is 34.2. The fourth-order valence-electron chi connectivity index (χ4n) is 14.1. The van der Waals surface area contributed by atoms with Crippen LogP contribution in [0.2, 0.25) is 0 Å². The lowest BCUT2D eigenvalue weighted by molar-refractivity contribution is -0.324. The lowest BCUT2D eigenvalue weighted by Crippen LogP contribution is -2.62. The van der Waals surface area contributed by atoms with Crippen LogP contribution in [0.3, 0.4) is 0 Å². The summed E-state index contributed by atoms with van der Waals surface area (Å²) in [6, 6.07) is 0. The van der Waals surface area contributed by atoms with Crippen LogP contribution in [0.1, 0.15) is 120 Å². The average molecular weight is 1070 g/mol. The molecule has 0 amide bonds. The second-order valence-corrected chi connectivity index (χ2v) is 24.2. The highest BCUT2D eigenvalue weighted by atomic mass is 16.7. The van der Waals surface area contributed by atoms with Crippen LogP contribution in [0.5, 0.6) is 0 Å². The first kappa shape index (κ1) is 61.5. The lowest BCUT2D eigenvalue weighted by Gasteiger charge is -2.66. The molecule has 2 heterocycles. The van der Waals surface area contributed by atoms with Gasteiger partial charge < -0.3 is 110 Å². The van der Waals surface area contributed by atoms with Crippen LogP contribution in [0, 0.1) is 45.3 Å². The maximum Gasteiger partial charge on any atom is 0.217 e. The van der Waals surface area contributed by atoms with E-state index in [2.05, 4.69) is 47.6 Å². The Labute approximate surface area is 433 Å². The topological polar surface area (TPSA) is 379 Å². The minimum absolute atomic E-state index is 0.0229. The summed E-state index contributed by atoms with van der Waals surface area (Å²) in [7, 11) is 0. The van der Waals surface area contributed by atoms with Crippen molar-refractivity contribution in [3.63, 3.8) is 0 Å². The molecule has 5 fully saturated rings. The minimum Gasteiger partial charge on any atom is -0.506 e. The summed E-state index contributed by atoms with van der Waals surface area (Å²) in [6.07, 6.45) is -17.3. The van der Waals surface area contributed by atoms with E-state index in [1.165, 1.54) is 5.57 Å². The summed E-state index contributed by atoms with van der Waals surface area (Å²) in [4.78, 5) is 0. The van der Waals surface area contributed by atoms with Crippen LogP contribution in [-0.4, -0.2) is 218 Å². The second-order valence-electron chi connectivity index (χ2n) is 24.2. The molecule has 2 aliphatic heterocycles. The molecule has 24 atom stereocenters. The van der Waals surface area contributed by atoms with Gasteiger partial charge in [-0.25, -0.2) is 0 Å². The number of ether oxygens (including phenoxy) is 6. The Hall–Kier alpha value is -1.72. The van der Waals surface area contributed by atoms with E-state index in [4.69, 9.17) is 33.5 Å². The van der Waals surface area contributed by atoms with Crippen molar-refractivity contribution in [1.29, 1.82) is 0 Å². The van der Waals surface area contributed by atoms with Crippen molar-refractivity contribution < 1.29 is 110 Å². The molecule has 16 N–H and O–H groups in total. The highest BCUT2D eigenvalue weighted by molar-refractivity contribution is 5.30. The van der Waals surface area contributed by atoms with Gasteiger partial charge in [0.25, 0.3) is 0 Å². The zero-order valence-electron chi connectivity index (χ0n) is 44.2. The molecule has 0 aromatic rings. The Balaban J connectivity index is 1.07. The number of hydrogen-bond acceptors (Lipinski definition) is 22. The smallest absolute Gasteiger partial charge is 0.217 e. The molecule has 22 heteroatoms. The molecule has 0 spiro atoms. The Bertz CT molecular complexity index is 1900. The van der Waals surface area contributed by atoms with Gasteiger partial charge in [0, 0.05) is 18.4 Å². The van der Waals surface area contributed by atoms with Gasteiger partial charge in [0.15, 0.2) is 30.4 Å². The highest BCUT2D eigenvalue weighted by Gasteiger charge is 2.67. The summed E-state index contributed by atoms with van der Waals surface area (Å²) in [5, 5.41) is 166. The summed E-state index contributed by atoms with van der Waals surface area (Å²) >= 11 is 0. The van der Waals surface area contributed by atoms with Crippen molar-refractivity contribution in [2.24, 2.45) is 45.3 Å². The Morgan fingerprint density at radius 2 is 1.36 bits per heavy atom. The van der Waals surface area contributed by atoms with Crippen LogP contribution < -0.4 is 0 Å². The van der Waals surface area contributed by atoms with E-state index in [0.29, 0.717) is 31.1 Å². The van der Waals surface area contributed by atoms with Crippen LogP contribution in [0.25, 0.3) is 0 Å². The number of allylic oxidation sites excluding steroid dienone is 1. The van der Waals surface area contributed by atoms with Crippen molar-refractivity contribution in [3.05, 3.63) is 23.2 Å². The van der Waals surface area contributed by atoms with E-state index < -0.39 is 153 Å². The molecule has 0 radical (unpaired) electrons. The number of aliphatic hydroxyl groups is 16. The molecule has 4 aliphatic carbocycles.